The van der Waals surface area contributed by atoms with Crippen molar-refractivity contribution in [3.63, 3.8) is 0 Å². The summed E-state index contributed by atoms with van der Waals surface area (Å²) >= 11 is 0. The van der Waals surface area contributed by atoms with Crippen molar-refractivity contribution in [1.29, 1.82) is 5.26 Å². The van der Waals surface area contributed by atoms with Gasteiger partial charge in [0.15, 0.2) is 5.60 Å². The zero-order valence-electron chi connectivity index (χ0n) is 25.7. The Balaban J connectivity index is 1.39. The molecule has 12 heteroatoms. The molecule has 3 aromatic carbocycles. The summed E-state index contributed by atoms with van der Waals surface area (Å²) in [6.45, 7) is -5.78. The van der Waals surface area contributed by atoms with Crippen molar-refractivity contribution in [3.05, 3.63) is 137 Å². The van der Waals surface area contributed by atoms with Crippen LogP contribution in [0, 0.1) is 34.8 Å². The zero-order chi connectivity index (χ0) is 34.0. The van der Waals surface area contributed by atoms with Crippen LogP contribution in [-0.2, 0) is 24.6 Å². The smallest absolute Gasteiger partial charge is 0.323 e. The summed E-state index contributed by atoms with van der Waals surface area (Å²) in [7, 11) is 0. The van der Waals surface area contributed by atoms with Gasteiger partial charge in [-0.1, -0.05) is 24.0 Å². The summed E-state index contributed by atoms with van der Waals surface area (Å²) in [5.74, 6) is -1.75. The van der Waals surface area contributed by atoms with Gasteiger partial charge in [0, 0.05) is 29.0 Å². The molecular formula is C31H20F4N6O2. The Morgan fingerprint density at radius 2 is 1.63 bits per heavy atom. The number of halogens is 4. The molecule has 0 spiro atoms. The molecule has 0 bridgehead atoms. The molecule has 0 radical (unpaired) electrons. The van der Waals surface area contributed by atoms with E-state index in [9.17, 15) is 13.9 Å². The van der Waals surface area contributed by atoms with Gasteiger partial charge in [-0.15, -0.1) is 5.10 Å². The summed E-state index contributed by atoms with van der Waals surface area (Å²) in [5.41, 5.74) is -5.31. The second-order valence-electron chi connectivity index (χ2n) is 8.87. The number of aromatic nitrogens is 5. The highest BCUT2D eigenvalue weighted by Gasteiger charge is 2.58. The van der Waals surface area contributed by atoms with Crippen molar-refractivity contribution < 1.29 is 32.9 Å². The first-order valence-corrected chi connectivity index (χ1v) is 12.3. The predicted octanol–water partition coefficient (Wildman–Crippen LogP) is 4.88. The van der Waals surface area contributed by atoms with E-state index in [0.717, 1.165) is 18.3 Å². The van der Waals surface area contributed by atoms with Gasteiger partial charge in [0.1, 0.15) is 36.0 Å². The van der Waals surface area contributed by atoms with Crippen LogP contribution in [0.4, 0.5) is 17.6 Å². The highest BCUT2D eigenvalue weighted by Crippen LogP contribution is 2.46. The van der Waals surface area contributed by atoms with E-state index in [1.54, 1.807) is 0 Å². The normalized spacial score (nSPS) is 14.5. The average molecular weight is 589 g/mol. The van der Waals surface area contributed by atoms with Crippen LogP contribution in [-0.4, -0.2) is 30.3 Å². The lowest BCUT2D eigenvalue weighted by Crippen LogP contribution is -2.48. The van der Waals surface area contributed by atoms with Crippen LogP contribution < -0.4 is 4.74 Å². The SMILES string of the molecule is [2H]C([2H])(Oc1ccc(C#Cc2ccc(C(F)(F)C(O)(c3ccc(F)cc3F)C([2H])([2H])n3cnnn3)nc2)cc1)c1ccc(C#N)cc1. The molecule has 214 valence electrons. The molecule has 5 aromatic rings. The van der Waals surface area contributed by atoms with Crippen molar-refractivity contribution in [1.82, 2.24) is 25.2 Å². The molecule has 43 heavy (non-hydrogen) atoms. The minimum Gasteiger partial charge on any atom is -0.489 e. The quantitative estimate of drug-likeness (QED) is 0.203. The summed E-state index contributed by atoms with van der Waals surface area (Å²) in [4.78, 5) is 3.67. The van der Waals surface area contributed by atoms with Crippen molar-refractivity contribution in [2.24, 2.45) is 0 Å². The van der Waals surface area contributed by atoms with E-state index in [2.05, 4.69) is 32.4 Å². The maximum Gasteiger partial charge on any atom is 0.323 e. The van der Waals surface area contributed by atoms with Gasteiger partial charge in [0.25, 0.3) is 0 Å². The molecule has 0 saturated heterocycles. The molecule has 0 fully saturated rings. The first-order chi connectivity index (χ1) is 22.2. The Labute approximate surface area is 248 Å². The van der Waals surface area contributed by atoms with Crippen LogP contribution in [0.25, 0.3) is 0 Å². The third-order valence-corrected chi connectivity index (χ3v) is 5.99. The third kappa shape index (κ3) is 6.35. The number of hydrogen-bond donors (Lipinski definition) is 1. The Bertz CT molecular complexity index is 2000. The molecule has 2 aromatic heterocycles. The number of benzene rings is 3. The molecule has 5 rings (SSSR count). The van der Waals surface area contributed by atoms with Crippen LogP contribution in [0.1, 0.15) is 39.0 Å². The first-order valence-electron chi connectivity index (χ1n) is 14.3. The first kappa shape index (κ1) is 24.1. The standard InChI is InChI=1S/C31H20F4N6O2/c32-25-10-13-27(28(33)15-25)30(42,19-41-20-38-39-40-41)31(34,35)29-14-9-23(17-37-29)4-1-21-7-11-26(12-8-21)43-18-24-5-2-22(16-36)3-6-24/h2-3,5-15,17,20,42H,18-19H2/i18D2,19D2. The monoisotopic (exact) mass is 588 g/mol. The number of rotatable bonds is 8. The average Bonchev–Trinajstić information content (AvgIpc) is 3.60. The lowest BCUT2D eigenvalue weighted by molar-refractivity contribution is -0.207. The fourth-order valence-electron chi connectivity index (χ4n) is 3.78. The minimum absolute atomic E-state index is 0.141. The van der Waals surface area contributed by atoms with Crippen molar-refractivity contribution >= 4 is 0 Å². The van der Waals surface area contributed by atoms with Crippen LogP contribution >= 0.6 is 0 Å². The van der Waals surface area contributed by atoms with E-state index in [4.69, 9.17) is 15.5 Å². The fourth-order valence-corrected chi connectivity index (χ4v) is 3.78. The Morgan fingerprint density at radius 1 is 0.930 bits per heavy atom. The summed E-state index contributed by atoms with van der Waals surface area (Å²) < 4.78 is 99.6. The lowest BCUT2D eigenvalue weighted by Gasteiger charge is -2.35. The van der Waals surface area contributed by atoms with Gasteiger partial charge in [-0.2, -0.15) is 14.0 Å². The summed E-state index contributed by atoms with van der Waals surface area (Å²) in [5, 5.41) is 30.0. The lowest BCUT2D eigenvalue weighted by atomic mass is 9.84. The number of tetrazole rings is 1. The number of ether oxygens (including phenoxy) is 1. The number of hydrogen-bond acceptors (Lipinski definition) is 7. The van der Waals surface area contributed by atoms with Crippen LogP contribution in [0.15, 0.2) is 91.4 Å². The fraction of sp³-hybridized carbons (Fsp3) is 0.129. The molecule has 0 aliphatic heterocycles. The van der Waals surface area contributed by atoms with Crippen LogP contribution in [0.3, 0.4) is 0 Å². The maximum atomic E-state index is 16.2. The van der Waals surface area contributed by atoms with E-state index in [0.29, 0.717) is 29.6 Å². The molecular weight excluding hydrogens is 564 g/mol. The molecule has 8 nitrogen and oxygen atoms in total. The number of nitrogens with zero attached hydrogens (tertiary/aromatic N) is 6. The van der Waals surface area contributed by atoms with E-state index < -0.39 is 47.5 Å². The van der Waals surface area contributed by atoms with E-state index in [-0.39, 0.29) is 27.6 Å². The molecule has 1 unspecified atom stereocenters. The minimum atomic E-state index is -4.65. The van der Waals surface area contributed by atoms with E-state index in [1.807, 2.05) is 6.07 Å². The molecule has 0 aliphatic carbocycles. The highest BCUT2D eigenvalue weighted by molar-refractivity contribution is 5.44. The predicted molar refractivity (Wildman–Crippen MR) is 144 cm³/mol. The van der Waals surface area contributed by atoms with Gasteiger partial charge in [-0.05, 0) is 76.7 Å². The van der Waals surface area contributed by atoms with Crippen molar-refractivity contribution in [2.45, 2.75) is 24.6 Å². The van der Waals surface area contributed by atoms with Crippen LogP contribution in [0.2, 0.25) is 0 Å². The van der Waals surface area contributed by atoms with Crippen molar-refractivity contribution in [3.8, 4) is 23.7 Å². The number of pyridine rings is 1. The molecule has 0 saturated carbocycles. The Kier molecular flexibility index (Phi) is 6.77. The second-order valence-corrected chi connectivity index (χ2v) is 8.87. The Hall–Kier alpha value is -5.59. The summed E-state index contributed by atoms with van der Waals surface area (Å²) in [6.07, 6.45) is 1.55. The molecule has 0 aliphatic rings. The van der Waals surface area contributed by atoms with Gasteiger partial charge in [-0.3, -0.25) is 4.98 Å². The largest absolute Gasteiger partial charge is 0.489 e. The van der Waals surface area contributed by atoms with Gasteiger partial charge in [0.2, 0.25) is 0 Å². The number of aliphatic hydroxyl groups is 1. The molecule has 1 atom stereocenters. The molecule has 0 amide bonds. The van der Waals surface area contributed by atoms with E-state index in [1.165, 1.54) is 48.5 Å². The van der Waals surface area contributed by atoms with Crippen molar-refractivity contribution in [2.75, 3.05) is 0 Å². The molecule has 1 N–H and O–H groups in total. The highest BCUT2D eigenvalue weighted by atomic mass is 19.3. The molecule has 2 heterocycles. The van der Waals surface area contributed by atoms with Gasteiger partial charge < -0.3 is 9.84 Å². The second kappa shape index (κ2) is 12.1. The topological polar surface area (TPSA) is 110 Å². The third-order valence-electron chi connectivity index (χ3n) is 5.99. The van der Waals surface area contributed by atoms with Gasteiger partial charge in [-0.25, -0.2) is 13.5 Å². The summed E-state index contributed by atoms with van der Waals surface area (Å²) in [6, 6.07) is 17.0. The van der Waals surface area contributed by atoms with E-state index >= 15 is 8.78 Å². The number of alkyl halides is 2. The van der Waals surface area contributed by atoms with Gasteiger partial charge >= 0.3 is 5.92 Å². The van der Waals surface area contributed by atoms with Gasteiger partial charge in [0.05, 0.1) is 23.6 Å². The zero-order valence-corrected chi connectivity index (χ0v) is 21.7. The maximum absolute atomic E-state index is 16.2. The number of nitriles is 1. The van der Waals surface area contributed by atoms with Crippen LogP contribution in [0.5, 0.6) is 5.75 Å². The Morgan fingerprint density at radius 3 is 2.26 bits per heavy atom.